The summed E-state index contributed by atoms with van der Waals surface area (Å²) in [6.07, 6.45) is 1.20. The number of aromatic amines is 2. The topological polar surface area (TPSA) is 63.9 Å². The fraction of sp³-hybridized carbons (Fsp3) is 0.261. The highest BCUT2D eigenvalue weighted by Gasteiger charge is 2.12. The fourth-order valence-corrected chi connectivity index (χ4v) is 4.09. The van der Waals surface area contributed by atoms with Gasteiger partial charge in [0.2, 0.25) is 0 Å². The number of fused-ring (bicyclic) bond motifs is 2. The van der Waals surface area contributed by atoms with E-state index in [9.17, 15) is 4.79 Å². The van der Waals surface area contributed by atoms with Crippen LogP contribution in [0.5, 0.6) is 0 Å². The zero-order chi connectivity index (χ0) is 18.9. The summed E-state index contributed by atoms with van der Waals surface area (Å²) >= 11 is 0. The van der Waals surface area contributed by atoms with Gasteiger partial charge in [0.15, 0.2) is 0 Å². The zero-order valence-electron chi connectivity index (χ0n) is 15.8. The van der Waals surface area contributed by atoms with Gasteiger partial charge in [-0.15, -0.1) is 0 Å². The zero-order valence-corrected chi connectivity index (χ0v) is 15.8. The predicted octanol–water partition coefficient (Wildman–Crippen LogP) is 3.47. The first-order valence-corrected chi connectivity index (χ1v) is 9.93. The Bertz CT molecular complexity index is 1180. The van der Waals surface area contributed by atoms with Crippen LogP contribution in [0.4, 0.5) is 0 Å². The molecule has 1 fully saturated rings. The summed E-state index contributed by atoms with van der Waals surface area (Å²) in [6, 6.07) is 18.5. The van der Waals surface area contributed by atoms with Crippen molar-refractivity contribution in [1.29, 1.82) is 0 Å². The number of H-pyrrole nitrogens is 2. The smallest absolute Gasteiger partial charge is 0.257 e. The molecule has 1 saturated heterocycles. The maximum absolute atomic E-state index is 12.6. The second-order valence-electron chi connectivity index (χ2n) is 7.58. The van der Waals surface area contributed by atoms with Crippen LogP contribution in [-0.2, 0) is 6.54 Å². The van der Waals surface area contributed by atoms with Crippen molar-refractivity contribution in [1.82, 2.24) is 20.2 Å². The monoisotopic (exact) mass is 372 g/mol. The highest BCUT2D eigenvalue weighted by atomic mass is 16.1. The van der Waals surface area contributed by atoms with Crippen molar-refractivity contribution in [2.24, 2.45) is 0 Å². The second kappa shape index (κ2) is 7.26. The van der Waals surface area contributed by atoms with Crippen molar-refractivity contribution < 1.29 is 0 Å². The van der Waals surface area contributed by atoms with Gasteiger partial charge in [-0.25, -0.2) is 0 Å². The van der Waals surface area contributed by atoms with E-state index < -0.39 is 0 Å². The van der Waals surface area contributed by atoms with Crippen LogP contribution in [0.2, 0.25) is 0 Å². The van der Waals surface area contributed by atoms with E-state index in [1.807, 2.05) is 30.3 Å². The molecule has 0 unspecified atom stereocenters. The van der Waals surface area contributed by atoms with E-state index in [0.717, 1.165) is 60.2 Å². The number of pyridine rings is 1. The fourth-order valence-electron chi connectivity index (χ4n) is 4.09. The summed E-state index contributed by atoms with van der Waals surface area (Å²) in [7, 11) is 0. The summed E-state index contributed by atoms with van der Waals surface area (Å²) in [5, 5.41) is 5.63. The first-order valence-electron chi connectivity index (χ1n) is 9.93. The standard InChI is InChI=1S/C23H24N4O/c28-23-19(13-17-4-1-2-5-20(17)26-23)22-14-18-12-16(6-7-21(18)25-22)15-27-10-3-8-24-9-11-27/h1-2,4-7,12-14,24-25H,3,8-11,15H2,(H,26,28). The van der Waals surface area contributed by atoms with Crippen LogP contribution in [-0.4, -0.2) is 41.0 Å². The van der Waals surface area contributed by atoms with Gasteiger partial charge in [-0.2, -0.15) is 0 Å². The van der Waals surface area contributed by atoms with Crippen LogP contribution >= 0.6 is 0 Å². The van der Waals surface area contributed by atoms with Crippen molar-refractivity contribution in [3.8, 4) is 11.3 Å². The molecule has 0 bridgehead atoms. The number of para-hydroxylation sites is 1. The maximum atomic E-state index is 12.6. The molecular formula is C23H24N4O. The van der Waals surface area contributed by atoms with Crippen molar-refractivity contribution in [2.75, 3.05) is 26.2 Å². The first kappa shape index (κ1) is 17.2. The minimum absolute atomic E-state index is 0.0671. The number of nitrogens with zero attached hydrogens (tertiary/aromatic N) is 1. The number of nitrogens with one attached hydrogen (secondary N) is 3. The van der Waals surface area contributed by atoms with Gasteiger partial charge in [0.05, 0.1) is 11.3 Å². The third-order valence-electron chi connectivity index (χ3n) is 5.57. The summed E-state index contributed by atoms with van der Waals surface area (Å²) in [4.78, 5) is 21.5. The average Bonchev–Trinajstić information content (AvgIpc) is 2.95. The van der Waals surface area contributed by atoms with Gasteiger partial charge in [-0.1, -0.05) is 24.3 Å². The average molecular weight is 372 g/mol. The molecule has 0 aliphatic carbocycles. The molecule has 5 heteroatoms. The first-order chi connectivity index (χ1) is 13.8. The van der Waals surface area contributed by atoms with Crippen LogP contribution < -0.4 is 10.9 Å². The van der Waals surface area contributed by atoms with E-state index in [0.29, 0.717) is 5.56 Å². The summed E-state index contributed by atoms with van der Waals surface area (Å²) in [6.45, 7) is 5.35. The van der Waals surface area contributed by atoms with E-state index in [4.69, 9.17) is 0 Å². The summed E-state index contributed by atoms with van der Waals surface area (Å²) in [5.74, 6) is 0. The van der Waals surface area contributed by atoms with Gasteiger partial charge in [-0.3, -0.25) is 9.69 Å². The molecule has 3 N–H and O–H groups in total. The lowest BCUT2D eigenvalue weighted by Gasteiger charge is -2.19. The van der Waals surface area contributed by atoms with E-state index >= 15 is 0 Å². The molecule has 0 atom stereocenters. The minimum Gasteiger partial charge on any atom is -0.354 e. The van der Waals surface area contributed by atoms with Gasteiger partial charge in [-0.05, 0) is 60.8 Å². The SMILES string of the molecule is O=c1[nH]c2ccccc2cc1-c1cc2cc(CN3CCCNCC3)ccc2[nH]1. The number of hydrogen-bond acceptors (Lipinski definition) is 3. The molecule has 2 aromatic heterocycles. The molecule has 142 valence electrons. The molecule has 5 nitrogen and oxygen atoms in total. The lowest BCUT2D eigenvalue weighted by atomic mass is 10.1. The van der Waals surface area contributed by atoms with Crippen LogP contribution in [0, 0.1) is 0 Å². The third-order valence-corrected chi connectivity index (χ3v) is 5.57. The molecule has 2 aromatic carbocycles. The second-order valence-corrected chi connectivity index (χ2v) is 7.58. The molecule has 5 rings (SSSR count). The largest absolute Gasteiger partial charge is 0.354 e. The molecule has 3 heterocycles. The Morgan fingerprint density at radius 3 is 2.71 bits per heavy atom. The van der Waals surface area contributed by atoms with E-state index in [1.165, 1.54) is 12.0 Å². The molecule has 0 spiro atoms. The normalized spacial score (nSPS) is 15.9. The number of hydrogen-bond donors (Lipinski definition) is 3. The van der Waals surface area contributed by atoms with Gasteiger partial charge < -0.3 is 15.3 Å². The maximum Gasteiger partial charge on any atom is 0.257 e. The predicted molar refractivity (Wildman–Crippen MR) is 115 cm³/mol. The molecule has 4 aromatic rings. The van der Waals surface area contributed by atoms with Gasteiger partial charge in [0.25, 0.3) is 5.56 Å². The molecule has 1 aliphatic rings. The highest BCUT2D eigenvalue weighted by Crippen LogP contribution is 2.25. The third kappa shape index (κ3) is 3.35. The van der Waals surface area contributed by atoms with Crippen LogP contribution in [0.1, 0.15) is 12.0 Å². The highest BCUT2D eigenvalue weighted by molar-refractivity contribution is 5.89. The van der Waals surface area contributed by atoms with E-state index in [-0.39, 0.29) is 5.56 Å². The van der Waals surface area contributed by atoms with E-state index in [2.05, 4.69) is 44.5 Å². The quantitative estimate of drug-likeness (QED) is 0.516. The molecule has 0 saturated carbocycles. The Hall–Kier alpha value is -2.89. The number of aromatic nitrogens is 2. The number of benzene rings is 2. The van der Waals surface area contributed by atoms with Crippen LogP contribution in [0.25, 0.3) is 33.1 Å². The minimum atomic E-state index is -0.0671. The molecular weight excluding hydrogens is 348 g/mol. The molecule has 0 amide bonds. The van der Waals surface area contributed by atoms with Gasteiger partial charge in [0, 0.05) is 36.1 Å². The van der Waals surface area contributed by atoms with Crippen molar-refractivity contribution in [3.05, 3.63) is 70.5 Å². The summed E-state index contributed by atoms with van der Waals surface area (Å²) in [5.41, 5.74) is 4.70. The van der Waals surface area contributed by atoms with Crippen LogP contribution in [0.3, 0.4) is 0 Å². The van der Waals surface area contributed by atoms with Crippen molar-refractivity contribution >= 4 is 21.8 Å². The Morgan fingerprint density at radius 1 is 0.857 bits per heavy atom. The Morgan fingerprint density at radius 2 is 1.75 bits per heavy atom. The molecule has 1 aliphatic heterocycles. The molecule has 0 radical (unpaired) electrons. The lowest BCUT2D eigenvalue weighted by molar-refractivity contribution is 0.284. The van der Waals surface area contributed by atoms with Crippen molar-refractivity contribution in [3.63, 3.8) is 0 Å². The van der Waals surface area contributed by atoms with Crippen molar-refractivity contribution in [2.45, 2.75) is 13.0 Å². The Balaban J connectivity index is 1.48. The van der Waals surface area contributed by atoms with Crippen LogP contribution in [0.15, 0.2) is 59.4 Å². The Labute approximate surface area is 163 Å². The van der Waals surface area contributed by atoms with Gasteiger partial charge >= 0.3 is 0 Å². The van der Waals surface area contributed by atoms with Gasteiger partial charge in [0.1, 0.15) is 0 Å². The summed E-state index contributed by atoms with van der Waals surface area (Å²) < 4.78 is 0. The number of rotatable bonds is 3. The molecule has 28 heavy (non-hydrogen) atoms. The van der Waals surface area contributed by atoms with E-state index in [1.54, 1.807) is 0 Å². The Kier molecular flexibility index (Phi) is 4.47. The lowest BCUT2D eigenvalue weighted by Crippen LogP contribution is -2.27.